The van der Waals surface area contributed by atoms with Gasteiger partial charge in [0.15, 0.2) is 0 Å². The minimum absolute atomic E-state index is 0. The van der Waals surface area contributed by atoms with Crippen molar-refractivity contribution in [3.05, 3.63) is 13.8 Å². The second-order valence-electron chi connectivity index (χ2n) is 5.91. The molecule has 4 radical (unpaired) electrons. The van der Waals surface area contributed by atoms with Gasteiger partial charge in [0.25, 0.3) is 0 Å². The fraction of sp³-hybridized carbons (Fsp3) is 0.875. The molecule has 19 heavy (non-hydrogen) atoms. The normalized spacial score (nSPS) is 8.84. The van der Waals surface area contributed by atoms with Crippen molar-refractivity contribution in [3.63, 3.8) is 0 Å². The van der Waals surface area contributed by atoms with Gasteiger partial charge in [-0.05, 0) is 11.8 Å². The fourth-order valence-corrected chi connectivity index (χ4v) is 0. The fourth-order valence-electron chi connectivity index (χ4n) is 0. The van der Waals surface area contributed by atoms with Gasteiger partial charge in [0, 0.05) is 0 Å². The van der Waals surface area contributed by atoms with E-state index in [-0.39, 0.29) is 23.9 Å². The maximum absolute atomic E-state index is 4.68. The number of hydrogen-bond donors (Lipinski definition) is 0. The predicted octanol–water partition coefficient (Wildman–Crippen LogP) is 4.95. The molecule has 0 aromatic heterocycles. The van der Waals surface area contributed by atoms with E-state index in [2.05, 4.69) is 94.5 Å². The topological polar surface area (TPSA) is 0 Å². The van der Waals surface area contributed by atoms with Crippen LogP contribution in [0, 0.1) is 37.5 Å². The summed E-state index contributed by atoms with van der Waals surface area (Å²) in [6.45, 7) is 24.0. The van der Waals surface area contributed by atoms with Gasteiger partial charge >= 0.3 is 23.9 Å². The Morgan fingerprint density at radius 2 is 0.684 bits per heavy atom. The molecule has 0 amide bonds. The van der Waals surface area contributed by atoms with Crippen LogP contribution in [0.1, 0.15) is 55.4 Å². The molecule has 3 heteroatoms. The van der Waals surface area contributed by atoms with E-state index in [1.165, 1.54) is 0 Å². The summed E-state index contributed by atoms with van der Waals surface area (Å²) in [5.41, 5.74) is 0. The van der Waals surface area contributed by atoms with Crippen LogP contribution in [0.3, 0.4) is 0 Å². The Kier molecular flexibility index (Phi) is 47.4. The van der Waals surface area contributed by atoms with Crippen molar-refractivity contribution in [1.29, 1.82) is 0 Å². The Morgan fingerprint density at radius 1 is 0.632 bits per heavy atom. The zero-order chi connectivity index (χ0) is 15.7. The molecule has 0 saturated heterocycles. The quantitative estimate of drug-likeness (QED) is 0.466. The Labute approximate surface area is 153 Å². The Hall–Kier alpha value is 1.50. The molecule has 0 atom stereocenters. The van der Waals surface area contributed by atoms with Gasteiger partial charge in [-0.3, -0.25) is 0 Å². The summed E-state index contributed by atoms with van der Waals surface area (Å²) in [6.07, 6.45) is 0. The molecule has 0 N–H and O–H groups in total. The average Bonchev–Trinajstić information content (AvgIpc) is 2.16. The molecular formula is C16H36S2Sn. The molecule has 0 unspecified atom stereocenters. The van der Waals surface area contributed by atoms with Crippen molar-refractivity contribution in [2.24, 2.45) is 23.7 Å². The first-order chi connectivity index (χ1) is 8.00. The summed E-state index contributed by atoms with van der Waals surface area (Å²) < 4.78 is 0. The second-order valence-corrected chi connectivity index (χ2v) is 6.58. The SMILES string of the molecule is CC(C)C[S-].CC(C)C[S-].[CH2]C(C)C.[CH2]C(C)C.[Sn+2]. The second kappa shape index (κ2) is 27.8. The number of rotatable bonds is 2. The summed E-state index contributed by atoms with van der Waals surface area (Å²) in [4.78, 5) is 0. The summed E-state index contributed by atoms with van der Waals surface area (Å²) in [5.74, 6) is 4.34. The van der Waals surface area contributed by atoms with Crippen molar-refractivity contribution in [2.45, 2.75) is 55.4 Å². The molecule has 0 bridgehead atoms. The van der Waals surface area contributed by atoms with Crippen LogP contribution in [-0.4, -0.2) is 35.4 Å². The maximum atomic E-state index is 4.68. The third-order valence-electron chi connectivity index (χ3n) is 0.667. The van der Waals surface area contributed by atoms with Crippen LogP contribution >= 0.6 is 0 Å². The van der Waals surface area contributed by atoms with Crippen LogP contribution in [0.4, 0.5) is 0 Å². The van der Waals surface area contributed by atoms with Crippen LogP contribution in [0.5, 0.6) is 0 Å². The Bertz CT molecular complexity index is 93.8. The zero-order valence-corrected chi connectivity index (χ0v) is 18.9. The minimum atomic E-state index is 0. The van der Waals surface area contributed by atoms with Crippen LogP contribution in [0.25, 0.3) is 0 Å². The van der Waals surface area contributed by atoms with Gasteiger partial charge in [-0.2, -0.15) is 11.5 Å². The van der Waals surface area contributed by atoms with E-state index in [1.54, 1.807) is 0 Å². The third kappa shape index (κ3) is 197. The van der Waals surface area contributed by atoms with Crippen molar-refractivity contribution >= 4 is 49.2 Å². The van der Waals surface area contributed by atoms with Crippen molar-refractivity contribution < 1.29 is 0 Å². The van der Waals surface area contributed by atoms with E-state index in [9.17, 15) is 0 Å². The van der Waals surface area contributed by atoms with E-state index < -0.39 is 0 Å². The molecule has 0 aliphatic heterocycles. The van der Waals surface area contributed by atoms with Gasteiger partial charge in [-0.15, -0.1) is 0 Å². The zero-order valence-electron chi connectivity index (χ0n) is 14.5. The summed E-state index contributed by atoms with van der Waals surface area (Å²) in [7, 11) is 0. The molecule has 0 aliphatic rings. The van der Waals surface area contributed by atoms with Gasteiger partial charge in [0.05, 0.1) is 0 Å². The van der Waals surface area contributed by atoms with Crippen LogP contribution in [0.15, 0.2) is 0 Å². The van der Waals surface area contributed by atoms with E-state index in [4.69, 9.17) is 0 Å². The molecule has 0 spiro atoms. The molecule has 0 heterocycles. The van der Waals surface area contributed by atoms with Gasteiger partial charge in [0.2, 0.25) is 0 Å². The van der Waals surface area contributed by atoms with E-state index in [0.717, 1.165) is 11.5 Å². The van der Waals surface area contributed by atoms with Crippen molar-refractivity contribution in [2.75, 3.05) is 11.5 Å². The van der Waals surface area contributed by atoms with E-state index in [0.29, 0.717) is 23.7 Å². The largest absolute Gasteiger partial charge is 2.00 e. The van der Waals surface area contributed by atoms with Gasteiger partial charge in [-0.25, -0.2) is 0 Å². The molecule has 0 aromatic carbocycles. The van der Waals surface area contributed by atoms with E-state index in [1.807, 2.05) is 0 Å². The summed E-state index contributed by atoms with van der Waals surface area (Å²) >= 11 is 9.35. The first kappa shape index (κ1) is 32.4. The molecule has 0 aromatic rings. The monoisotopic (exact) mass is 412 g/mol. The molecule has 0 aliphatic carbocycles. The smallest absolute Gasteiger partial charge is 0.792 e. The van der Waals surface area contributed by atoms with Gasteiger partial charge in [-0.1, -0.05) is 81.1 Å². The summed E-state index contributed by atoms with van der Waals surface area (Å²) in [5, 5.41) is 0. The van der Waals surface area contributed by atoms with Crippen molar-refractivity contribution in [1.82, 2.24) is 0 Å². The van der Waals surface area contributed by atoms with Gasteiger partial charge in [0.1, 0.15) is 0 Å². The van der Waals surface area contributed by atoms with Crippen molar-refractivity contribution in [3.8, 4) is 0 Å². The Balaban J connectivity index is -0.0000000453. The average molecular weight is 411 g/mol. The molecule has 0 fully saturated rings. The van der Waals surface area contributed by atoms with Crippen LogP contribution in [0.2, 0.25) is 0 Å². The predicted molar refractivity (Wildman–Crippen MR) is 100 cm³/mol. The molecule has 0 nitrogen and oxygen atoms in total. The molecular weight excluding hydrogens is 375 g/mol. The molecule has 0 saturated carbocycles. The first-order valence-corrected chi connectivity index (χ1v) is 7.98. The van der Waals surface area contributed by atoms with E-state index >= 15 is 0 Å². The minimum Gasteiger partial charge on any atom is -0.792 e. The standard InChI is InChI=1S/2C4H10S.2C4H9.Sn/c2*1-4(2)3-5;2*1-4(2)3;/h2*4-5H,3H2,1-2H3;2*4H,1H2,2-3H3;/q;;;;+2/p-2. The Morgan fingerprint density at radius 3 is 0.684 bits per heavy atom. The maximum Gasteiger partial charge on any atom is 2.00 e. The number of hydrogen-bond acceptors (Lipinski definition) is 2. The first-order valence-electron chi connectivity index (χ1n) is 6.83. The summed E-state index contributed by atoms with van der Waals surface area (Å²) in [6, 6.07) is 0. The molecule has 0 rings (SSSR count). The molecule has 116 valence electrons. The third-order valence-corrected chi connectivity index (χ3v) is 2.00. The van der Waals surface area contributed by atoms with Crippen LogP contribution < -0.4 is 0 Å². The van der Waals surface area contributed by atoms with Crippen LogP contribution in [-0.2, 0) is 25.3 Å². The van der Waals surface area contributed by atoms with Gasteiger partial charge < -0.3 is 25.3 Å².